The minimum atomic E-state index is 0.157. The molecule has 1 aliphatic rings. The van der Waals surface area contributed by atoms with Crippen LogP contribution in [0.1, 0.15) is 36.8 Å². The van der Waals surface area contributed by atoms with Gasteiger partial charge in [-0.05, 0) is 36.1 Å². The Morgan fingerprint density at radius 1 is 1.04 bits per heavy atom. The van der Waals surface area contributed by atoms with Crippen molar-refractivity contribution in [3.8, 4) is 11.5 Å². The van der Waals surface area contributed by atoms with Gasteiger partial charge < -0.3 is 20.5 Å². The second-order valence-electron chi connectivity index (χ2n) is 7.10. The molecule has 0 heterocycles. The zero-order valence-electron chi connectivity index (χ0n) is 16.2. The van der Waals surface area contributed by atoms with Gasteiger partial charge in [0.2, 0.25) is 0 Å². The van der Waals surface area contributed by atoms with Gasteiger partial charge in [-0.25, -0.2) is 4.99 Å². The third-order valence-corrected chi connectivity index (χ3v) is 5.43. The molecule has 0 bridgehead atoms. The lowest BCUT2D eigenvalue weighted by atomic mass is 9.79. The molecule has 5 heteroatoms. The third-order valence-electron chi connectivity index (χ3n) is 5.43. The normalized spacial score (nSPS) is 16.1. The number of guanidine groups is 1. The van der Waals surface area contributed by atoms with E-state index in [-0.39, 0.29) is 5.41 Å². The quantitative estimate of drug-likeness (QED) is 0.579. The zero-order chi connectivity index (χ0) is 19.1. The lowest BCUT2D eigenvalue weighted by molar-refractivity contribution is 0.354. The first-order valence-electron chi connectivity index (χ1n) is 9.47. The maximum absolute atomic E-state index is 6.15. The summed E-state index contributed by atoms with van der Waals surface area (Å²) in [5.41, 5.74) is 8.72. The monoisotopic (exact) mass is 367 g/mol. The van der Waals surface area contributed by atoms with Crippen molar-refractivity contribution in [3.63, 3.8) is 0 Å². The number of hydrogen-bond donors (Lipinski definition) is 2. The van der Waals surface area contributed by atoms with E-state index in [1.54, 1.807) is 14.2 Å². The predicted molar refractivity (Wildman–Crippen MR) is 109 cm³/mol. The van der Waals surface area contributed by atoms with Gasteiger partial charge >= 0.3 is 0 Å². The Morgan fingerprint density at radius 2 is 1.74 bits per heavy atom. The first-order valence-corrected chi connectivity index (χ1v) is 9.47. The van der Waals surface area contributed by atoms with Crippen molar-refractivity contribution in [1.82, 2.24) is 5.32 Å². The summed E-state index contributed by atoms with van der Waals surface area (Å²) in [6, 6.07) is 16.5. The second kappa shape index (κ2) is 8.80. The van der Waals surface area contributed by atoms with Crippen LogP contribution in [0.15, 0.2) is 53.5 Å². The van der Waals surface area contributed by atoms with Crippen molar-refractivity contribution in [1.29, 1.82) is 0 Å². The van der Waals surface area contributed by atoms with Crippen LogP contribution in [-0.2, 0) is 12.0 Å². The van der Waals surface area contributed by atoms with Gasteiger partial charge in [-0.3, -0.25) is 0 Å². The van der Waals surface area contributed by atoms with Crippen LogP contribution in [0.3, 0.4) is 0 Å². The summed E-state index contributed by atoms with van der Waals surface area (Å²) in [5.74, 6) is 1.89. The molecule has 1 aliphatic carbocycles. The molecule has 0 amide bonds. The van der Waals surface area contributed by atoms with Gasteiger partial charge in [-0.15, -0.1) is 0 Å². The highest BCUT2D eigenvalue weighted by Crippen LogP contribution is 2.40. The smallest absolute Gasteiger partial charge is 0.188 e. The van der Waals surface area contributed by atoms with Gasteiger partial charge in [-0.2, -0.15) is 0 Å². The van der Waals surface area contributed by atoms with Crippen LogP contribution in [0.5, 0.6) is 11.5 Å². The van der Waals surface area contributed by atoms with E-state index < -0.39 is 0 Å². The number of ether oxygens (including phenoxy) is 2. The van der Waals surface area contributed by atoms with E-state index in [1.165, 1.54) is 31.2 Å². The van der Waals surface area contributed by atoms with Crippen LogP contribution >= 0.6 is 0 Å². The van der Waals surface area contributed by atoms with E-state index in [0.29, 0.717) is 24.0 Å². The largest absolute Gasteiger partial charge is 0.493 e. The molecule has 3 rings (SSSR count). The van der Waals surface area contributed by atoms with Gasteiger partial charge in [0.15, 0.2) is 17.5 Å². The van der Waals surface area contributed by atoms with Gasteiger partial charge in [0.25, 0.3) is 0 Å². The second-order valence-corrected chi connectivity index (χ2v) is 7.10. The summed E-state index contributed by atoms with van der Waals surface area (Å²) in [6.07, 6.45) is 4.90. The number of nitrogens with two attached hydrogens (primary N) is 1. The molecule has 0 spiro atoms. The topological polar surface area (TPSA) is 68.9 Å². The molecule has 1 saturated carbocycles. The Labute approximate surface area is 161 Å². The number of methoxy groups -OCH3 is 2. The van der Waals surface area contributed by atoms with Gasteiger partial charge in [-0.1, -0.05) is 49.2 Å². The number of hydrogen-bond acceptors (Lipinski definition) is 3. The molecular weight excluding hydrogens is 338 g/mol. The van der Waals surface area contributed by atoms with E-state index in [4.69, 9.17) is 15.2 Å². The SMILES string of the molecule is COc1ccc(CN=C(N)NCC2(c3ccccc3)CCCC2)cc1OC. The standard InChI is InChI=1S/C22H29N3O2/c1-26-19-11-10-17(14-20(19)27-2)15-24-21(23)25-16-22(12-6-7-13-22)18-8-4-3-5-9-18/h3-5,8-11,14H,6-7,12-13,15-16H2,1-2H3,(H3,23,24,25). The van der Waals surface area contributed by atoms with Gasteiger partial charge in [0.05, 0.1) is 20.8 Å². The fourth-order valence-electron chi connectivity index (χ4n) is 3.88. The number of benzene rings is 2. The van der Waals surface area contributed by atoms with Crippen LogP contribution < -0.4 is 20.5 Å². The molecule has 0 saturated heterocycles. The molecule has 1 fully saturated rings. The van der Waals surface area contributed by atoms with E-state index in [1.807, 2.05) is 18.2 Å². The Balaban J connectivity index is 1.64. The third kappa shape index (κ3) is 4.54. The molecule has 0 aromatic heterocycles. The minimum Gasteiger partial charge on any atom is -0.493 e. The molecule has 27 heavy (non-hydrogen) atoms. The summed E-state index contributed by atoms with van der Waals surface area (Å²) in [4.78, 5) is 4.50. The van der Waals surface area contributed by atoms with Gasteiger partial charge in [0, 0.05) is 12.0 Å². The van der Waals surface area contributed by atoms with E-state index in [2.05, 4.69) is 40.6 Å². The van der Waals surface area contributed by atoms with Crippen LogP contribution in [0, 0.1) is 0 Å². The van der Waals surface area contributed by atoms with Crippen molar-refractivity contribution in [3.05, 3.63) is 59.7 Å². The highest BCUT2D eigenvalue weighted by molar-refractivity contribution is 5.78. The Hall–Kier alpha value is -2.69. The fraction of sp³-hybridized carbons (Fsp3) is 0.409. The average Bonchev–Trinajstić information content (AvgIpc) is 3.21. The predicted octanol–water partition coefficient (Wildman–Crippen LogP) is 3.62. The van der Waals surface area contributed by atoms with Crippen molar-refractivity contribution in [2.45, 2.75) is 37.6 Å². The van der Waals surface area contributed by atoms with Crippen LogP contribution in [-0.4, -0.2) is 26.7 Å². The first kappa shape index (κ1) is 19.1. The van der Waals surface area contributed by atoms with E-state index in [0.717, 1.165) is 12.1 Å². The molecule has 0 aliphatic heterocycles. The number of nitrogens with one attached hydrogen (secondary N) is 1. The van der Waals surface area contributed by atoms with Crippen LogP contribution in [0.4, 0.5) is 0 Å². The van der Waals surface area contributed by atoms with Crippen molar-refractivity contribution >= 4 is 5.96 Å². The molecule has 0 radical (unpaired) electrons. The molecule has 144 valence electrons. The lowest BCUT2D eigenvalue weighted by Gasteiger charge is -2.30. The van der Waals surface area contributed by atoms with Crippen molar-refractivity contribution in [2.24, 2.45) is 10.7 Å². The molecule has 0 atom stereocenters. The lowest BCUT2D eigenvalue weighted by Crippen LogP contribution is -2.42. The Morgan fingerprint density at radius 3 is 2.41 bits per heavy atom. The number of nitrogens with zero attached hydrogens (tertiary/aromatic N) is 1. The summed E-state index contributed by atoms with van der Waals surface area (Å²) in [5, 5.41) is 3.36. The fourth-order valence-corrected chi connectivity index (χ4v) is 3.88. The minimum absolute atomic E-state index is 0.157. The van der Waals surface area contributed by atoms with Crippen LogP contribution in [0.2, 0.25) is 0 Å². The zero-order valence-corrected chi connectivity index (χ0v) is 16.2. The van der Waals surface area contributed by atoms with Crippen molar-refractivity contribution in [2.75, 3.05) is 20.8 Å². The first-order chi connectivity index (χ1) is 13.2. The highest BCUT2D eigenvalue weighted by atomic mass is 16.5. The molecule has 2 aromatic rings. The van der Waals surface area contributed by atoms with E-state index in [9.17, 15) is 0 Å². The maximum Gasteiger partial charge on any atom is 0.188 e. The average molecular weight is 367 g/mol. The van der Waals surface area contributed by atoms with Crippen molar-refractivity contribution < 1.29 is 9.47 Å². The molecule has 5 nitrogen and oxygen atoms in total. The number of rotatable bonds is 7. The molecular formula is C22H29N3O2. The molecule has 0 unspecified atom stereocenters. The summed E-state index contributed by atoms with van der Waals surface area (Å²) >= 11 is 0. The highest BCUT2D eigenvalue weighted by Gasteiger charge is 2.35. The van der Waals surface area contributed by atoms with Gasteiger partial charge in [0.1, 0.15) is 0 Å². The van der Waals surface area contributed by atoms with E-state index >= 15 is 0 Å². The maximum atomic E-state index is 6.15. The summed E-state index contributed by atoms with van der Waals surface area (Å²) < 4.78 is 10.6. The Kier molecular flexibility index (Phi) is 6.22. The molecule has 2 aromatic carbocycles. The van der Waals surface area contributed by atoms with Crippen LogP contribution in [0.25, 0.3) is 0 Å². The number of aliphatic imine (C=N–C) groups is 1. The summed E-state index contributed by atoms with van der Waals surface area (Å²) in [7, 11) is 3.26. The Bertz CT molecular complexity index is 768. The molecule has 3 N–H and O–H groups in total. The summed E-state index contributed by atoms with van der Waals surface area (Å²) in [6.45, 7) is 1.32.